The molecular formula is C17H22ClF2N3O. The number of hydrogen-bond donors (Lipinski definition) is 1. The van der Waals surface area contributed by atoms with Gasteiger partial charge in [0, 0.05) is 24.7 Å². The minimum atomic E-state index is -0.480. The maximum atomic E-state index is 13.7. The molecule has 7 heteroatoms. The minimum absolute atomic E-state index is 0. The van der Waals surface area contributed by atoms with E-state index in [-0.39, 0.29) is 24.6 Å². The summed E-state index contributed by atoms with van der Waals surface area (Å²) in [6.07, 6.45) is 4.88. The third-order valence-electron chi connectivity index (χ3n) is 4.29. The van der Waals surface area contributed by atoms with Crippen molar-refractivity contribution >= 4 is 12.4 Å². The first-order chi connectivity index (χ1) is 11.2. The second-order valence-electron chi connectivity index (χ2n) is 6.04. The molecule has 1 saturated carbocycles. The van der Waals surface area contributed by atoms with E-state index >= 15 is 0 Å². The molecule has 0 spiro atoms. The highest BCUT2D eigenvalue weighted by Gasteiger charge is 2.19. The lowest BCUT2D eigenvalue weighted by Gasteiger charge is -2.13. The molecule has 4 nitrogen and oxygen atoms in total. The highest BCUT2D eigenvalue weighted by molar-refractivity contribution is 5.85. The van der Waals surface area contributed by atoms with Gasteiger partial charge in [0.1, 0.15) is 18.2 Å². The third kappa shape index (κ3) is 4.45. The first-order valence-electron chi connectivity index (χ1n) is 7.99. The summed E-state index contributed by atoms with van der Waals surface area (Å²) in [5, 5.41) is 4.44. The van der Waals surface area contributed by atoms with Gasteiger partial charge in [-0.2, -0.15) is 5.10 Å². The molecule has 2 aromatic rings. The fraction of sp³-hybridized carbons (Fsp3) is 0.471. The number of aromatic nitrogens is 2. The molecule has 132 valence electrons. The van der Waals surface area contributed by atoms with Crippen molar-refractivity contribution in [2.45, 2.75) is 45.4 Å². The van der Waals surface area contributed by atoms with Gasteiger partial charge in [-0.15, -0.1) is 12.4 Å². The first kappa shape index (κ1) is 18.7. The second-order valence-corrected chi connectivity index (χ2v) is 6.04. The number of rotatable bonds is 6. The van der Waals surface area contributed by atoms with Gasteiger partial charge in [0.15, 0.2) is 0 Å². The van der Waals surface area contributed by atoms with Gasteiger partial charge in [0.2, 0.25) is 5.88 Å². The van der Waals surface area contributed by atoms with Crippen LogP contribution in [0.5, 0.6) is 5.88 Å². The molecule has 3 rings (SSSR count). The van der Waals surface area contributed by atoms with Crippen LogP contribution < -0.4 is 10.5 Å². The Morgan fingerprint density at radius 2 is 1.96 bits per heavy atom. The summed E-state index contributed by atoms with van der Waals surface area (Å²) in [5.74, 6) is 0.189. The molecule has 0 amide bonds. The number of halogens is 3. The summed E-state index contributed by atoms with van der Waals surface area (Å²) >= 11 is 0. The standard InChI is InChI=1S/C17H21F2N3O.ClH/c18-14-5-6-16(19)13(7-14)11-23-17-8-15(9-20)21-22(17)10-12-3-1-2-4-12;/h5-8,12H,1-4,9-11,20H2;1H. The summed E-state index contributed by atoms with van der Waals surface area (Å²) < 4.78 is 34.4. The van der Waals surface area contributed by atoms with E-state index in [2.05, 4.69) is 5.10 Å². The van der Waals surface area contributed by atoms with Gasteiger partial charge >= 0.3 is 0 Å². The lowest BCUT2D eigenvalue weighted by Crippen LogP contribution is -2.12. The van der Waals surface area contributed by atoms with Crippen LogP contribution in [0.1, 0.15) is 36.9 Å². The molecule has 0 saturated heterocycles. The lowest BCUT2D eigenvalue weighted by molar-refractivity contribution is 0.257. The maximum Gasteiger partial charge on any atom is 0.212 e. The highest BCUT2D eigenvalue weighted by Crippen LogP contribution is 2.28. The van der Waals surface area contributed by atoms with Crippen LogP contribution in [-0.4, -0.2) is 9.78 Å². The second kappa shape index (κ2) is 8.44. The van der Waals surface area contributed by atoms with Gasteiger partial charge in [-0.1, -0.05) is 12.8 Å². The van der Waals surface area contributed by atoms with Crippen LogP contribution in [0.15, 0.2) is 24.3 Å². The van der Waals surface area contributed by atoms with Crippen molar-refractivity contribution in [3.63, 3.8) is 0 Å². The highest BCUT2D eigenvalue weighted by atomic mass is 35.5. The molecule has 1 fully saturated rings. The Hall–Kier alpha value is -1.66. The quantitative estimate of drug-likeness (QED) is 0.855. The molecule has 1 aliphatic rings. The molecule has 0 atom stereocenters. The van der Waals surface area contributed by atoms with E-state index in [0.717, 1.165) is 30.4 Å². The summed E-state index contributed by atoms with van der Waals surface area (Å²) in [5.41, 5.74) is 6.57. The zero-order valence-corrected chi connectivity index (χ0v) is 14.2. The van der Waals surface area contributed by atoms with E-state index in [9.17, 15) is 8.78 Å². The zero-order valence-electron chi connectivity index (χ0n) is 13.4. The van der Waals surface area contributed by atoms with Crippen LogP contribution in [-0.2, 0) is 19.7 Å². The van der Waals surface area contributed by atoms with Crippen LogP contribution in [0.4, 0.5) is 8.78 Å². The van der Waals surface area contributed by atoms with Gasteiger partial charge < -0.3 is 10.5 Å². The average molecular weight is 358 g/mol. The third-order valence-corrected chi connectivity index (χ3v) is 4.29. The molecule has 2 N–H and O–H groups in total. The van der Waals surface area contributed by atoms with Crippen LogP contribution in [0.3, 0.4) is 0 Å². The van der Waals surface area contributed by atoms with Crippen molar-refractivity contribution in [1.82, 2.24) is 9.78 Å². The number of benzene rings is 1. The number of ether oxygens (including phenoxy) is 1. The van der Waals surface area contributed by atoms with Crippen LogP contribution in [0.25, 0.3) is 0 Å². The summed E-state index contributed by atoms with van der Waals surface area (Å²) in [7, 11) is 0. The van der Waals surface area contributed by atoms with Crippen molar-refractivity contribution in [1.29, 1.82) is 0 Å². The van der Waals surface area contributed by atoms with E-state index in [1.165, 1.54) is 25.7 Å². The van der Waals surface area contributed by atoms with Gasteiger partial charge in [0.25, 0.3) is 0 Å². The molecule has 0 unspecified atom stereocenters. The van der Waals surface area contributed by atoms with Gasteiger partial charge in [0.05, 0.1) is 5.69 Å². The largest absolute Gasteiger partial charge is 0.473 e. The average Bonchev–Trinajstić information content (AvgIpc) is 3.18. The minimum Gasteiger partial charge on any atom is -0.473 e. The van der Waals surface area contributed by atoms with E-state index < -0.39 is 11.6 Å². The Kier molecular flexibility index (Phi) is 6.57. The Labute approximate surface area is 146 Å². The Morgan fingerprint density at radius 3 is 2.67 bits per heavy atom. The summed E-state index contributed by atoms with van der Waals surface area (Å²) in [6, 6.07) is 5.12. The smallest absolute Gasteiger partial charge is 0.212 e. The topological polar surface area (TPSA) is 53.1 Å². The first-order valence-corrected chi connectivity index (χ1v) is 7.99. The number of nitrogens with zero attached hydrogens (tertiary/aromatic N) is 2. The lowest BCUT2D eigenvalue weighted by atomic mass is 10.1. The van der Waals surface area contributed by atoms with Crippen molar-refractivity contribution in [3.05, 3.63) is 47.2 Å². The predicted molar refractivity (Wildman–Crippen MR) is 90.0 cm³/mol. The normalized spacial score (nSPS) is 14.6. The molecule has 1 aromatic heterocycles. The van der Waals surface area contributed by atoms with E-state index in [1.807, 2.05) is 0 Å². The van der Waals surface area contributed by atoms with Crippen molar-refractivity contribution in [3.8, 4) is 5.88 Å². The van der Waals surface area contributed by atoms with Crippen LogP contribution in [0.2, 0.25) is 0 Å². The van der Waals surface area contributed by atoms with Crippen molar-refractivity contribution in [2.24, 2.45) is 11.7 Å². The molecule has 0 aliphatic heterocycles. The van der Waals surface area contributed by atoms with Crippen LogP contribution in [0, 0.1) is 17.6 Å². The summed E-state index contributed by atoms with van der Waals surface area (Å²) in [4.78, 5) is 0. The fourth-order valence-electron chi connectivity index (χ4n) is 3.04. The molecule has 24 heavy (non-hydrogen) atoms. The Bertz CT molecular complexity index is 672. The van der Waals surface area contributed by atoms with E-state index in [1.54, 1.807) is 10.7 Å². The molecule has 1 aliphatic carbocycles. The molecule has 1 aromatic carbocycles. The van der Waals surface area contributed by atoms with E-state index in [4.69, 9.17) is 10.5 Å². The Morgan fingerprint density at radius 1 is 1.21 bits per heavy atom. The SMILES string of the molecule is Cl.NCc1cc(OCc2cc(F)ccc2F)n(CC2CCCC2)n1. The maximum absolute atomic E-state index is 13.7. The van der Waals surface area contributed by atoms with Crippen molar-refractivity contribution < 1.29 is 13.5 Å². The van der Waals surface area contributed by atoms with Crippen molar-refractivity contribution in [2.75, 3.05) is 0 Å². The number of nitrogens with two attached hydrogens (primary N) is 1. The predicted octanol–water partition coefficient (Wildman–Crippen LogP) is 3.81. The van der Waals surface area contributed by atoms with Gasteiger partial charge in [-0.05, 0) is 37.0 Å². The zero-order chi connectivity index (χ0) is 16.2. The number of hydrogen-bond acceptors (Lipinski definition) is 3. The molecular weight excluding hydrogens is 336 g/mol. The molecule has 0 bridgehead atoms. The summed E-state index contributed by atoms with van der Waals surface area (Å²) in [6.45, 7) is 1.06. The van der Waals surface area contributed by atoms with Crippen LogP contribution >= 0.6 is 12.4 Å². The Balaban J connectivity index is 0.00000208. The molecule has 0 radical (unpaired) electrons. The fourth-order valence-corrected chi connectivity index (χ4v) is 3.04. The van der Waals surface area contributed by atoms with E-state index in [0.29, 0.717) is 18.3 Å². The monoisotopic (exact) mass is 357 g/mol. The van der Waals surface area contributed by atoms with Gasteiger partial charge in [-0.3, -0.25) is 0 Å². The van der Waals surface area contributed by atoms with Gasteiger partial charge in [-0.25, -0.2) is 13.5 Å². The molecule has 1 heterocycles.